The van der Waals surface area contributed by atoms with Crippen molar-refractivity contribution in [2.45, 2.75) is 32.6 Å². The summed E-state index contributed by atoms with van der Waals surface area (Å²) in [5.74, 6) is 4.83. The van der Waals surface area contributed by atoms with E-state index in [1.165, 1.54) is 34.8 Å². The number of carboxylic acid groups (broad SMARTS) is 1. The van der Waals surface area contributed by atoms with Gasteiger partial charge in [-0.3, -0.25) is 4.55 Å². The summed E-state index contributed by atoms with van der Waals surface area (Å²) in [6, 6.07) is 14.2. The second kappa shape index (κ2) is 18.7. The third-order valence-electron chi connectivity index (χ3n) is 8.43. The van der Waals surface area contributed by atoms with Gasteiger partial charge in [0, 0.05) is 29.8 Å². The van der Waals surface area contributed by atoms with Crippen LogP contribution in [0.5, 0.6) is 5.75 Å². The number of quaternary nitrogens is 1. The molecule has 0 saturated carbocycles. The fourth-order valence-electron chi connectivity index (χ4n) is 5.64. The van der Waals surface area contributed by atoms with Crippen molar-refractivity contribution < 1.29 is 36.5 Å². The molecule has 0 radical (unpaired) electrons. The van der Waals surface area contributed by atoms with Crippen LogP contribution in [-0.4, -0.2) is 108 Å². The van der Waals surface area contributed by atoms with Crippen molar-refractivity contribution in [3.05, 3.63) is 76.0 Å². The predicted molar refractivity (Wildman–Crippen MR) is 214 cm³/mol. The smallest absolute Gasteiger partial charge is 0.355 e. The zero-order valence-electron chi connectivity index (χ0n) is 31.0. The van der Waals surface area contributed by atoms with Crippen LogP contribution in [0.4, 0.5) is 26.3 Å². The van der Waals surface area contributed by atoms with Crippen molar-refractivity contribution in [2.24, 2.45) is 0 Å². The molecule has 0 aliphatic carbocycles. The lowest BCUT2D eigenvalue weighted by Gasteiger charge is -2.31. The van der Waals surface area contributed by atoms with E-state index in [2.05, 4.69) is 42.6 Å². The SMILES string of the molecule is CNCC#Cc1ccc(OCCCc2sc(N(CCC[N+](C)(C)CCCS(=O)(=O)O)c3cc(C)c(Nc4nc5ccccc5s4)nn3)nc2C(=O)O)c(F)c1. The van der Waals surface area contributed by atoms with Crippen LogP contribution in [-0.2, 0) is 16.5 Å². The van der Waals surface area contributed by atoms with Crippen molar-refractivity contribution >= 4 is 70.9 Å². The molecule has 14 nitrogen and oxygen atoms in total. The Kier molecular flexibility index (Phi) is 14.1. The lowest BCUT2D eigenvalue weighted by atomic mass is 10.2. The Hall–Kier alpha value is -4.77. The van der Waals surface area contributed by atoms with Crippen molar-refractivity contribution in [3.8, 4) is 17.6 Å². The summed E-state index contributed by atoms with van der Waals surface area (Å²) in [6.07, 6.45) is 1.65. The van der Waals surface area contributed by atoms with E-state index in [9.17, 15) is 27.3 Å². The maximum atomic E-state index is 14.7. The molecular formula is C37H44FN8O6S3+. The van der Waals surface area contributed by atoms with Crippen LogP contribution in [0.25, 0.3) is 10.2 Å². The van der Waals surface area contributed by atoms with Crippen molar-refractivity contribution in [1.82, 2.24) is 25.5 Å². The van der Waals surface area contributed by atoms with Gasteiger partial charge in [-0.1, -0.05) is 35.3 Å². The summed E-state index contributed by atoms with van der Waals surface area (Å²) in [6.45, 7) is 4.10. The van der Waals surface area contributed by atoms with Gasteiger partial charge in [-0.25, -0.2) is 19.2 Å². The summed E-state index contributed by atoms with van der Waals surface area (Å²) in [5.41, 5.74) is 2.11. The number of rotatable bonds is 19. The third kappa shape index (κ3) is 12.1. The van der Waals surface area contributed by atoms with Gasteiger partial charge in [-0.15, -0.1) is 21.5 Å². The first-order valence-corrected chi connectivity index (χ1v) is 20.8. The van der Waals surface area contributed by atoms with Crippen LogP contribution in [0, 0.1) is 24.6 Å². The van der Waals surface area contributed by atoms with E-state index < -0.39 is 21.9 Å². The molecule has 0 unspecified atom stereocenters. The van der Waals surface area contributed by atoms with Crippen LogP contribution in [0.15, 0.2) is 48.5 Å². The first-order chi connectivity index (χ1) is 26.2. The highest BCUT2D eigenvalue weighted by Gasteiger charge is 2.25. The van der Waals surface area contributed by atoms with E-state index >= 15 is 0 Å². The van der Waals surface area contributed by atoms with Gasteiger partial charge in [0.2, 0.25) is 0 Å². The highest BCUT2D eigenvalue weighted by Crippen LogP contribution is 2.34. The molecule has 3 aromatic heterocycles. The lowest BCUT2D eigenvalue weighted by Crippen LogP contribution is -2.42. The summed E-state index contributed by atoms with van der Waals surface area (Å²) >= 11 is 2.73. The van der Waals surface area contributed by atoms with Gasteiger partial charge >= 0.3 is 5.97 Å². The number of aromatic carboxylic acids is 1. The van der Waals surface area contributed by atoms with Crippen molar-refractivity contribution in [2.75, 3.05) is 69.9 Å². The zero-order valence-corrected chi connectivity index (χ0v) is 33.5. The molecule has 0 amide bonds. The number of para-hydroxylation sites is 1. The standard InChI is InChI=1S/C37H43FN8O6S3/c1-25-23-32(43-44-34(25)42-36-40-28-12-5-6-13-30(28)53-36)45(18-9-19-46(3,4)20-10-22-55(49,50)51)37-41-33(35(47)48)31(54-37)14-8-21-52-29-16-15-26(24-27(29)38)11-7-17-39-2/h5-6,12-13,15-16,23-24,39H,8-10,14,17-22H2,1-4H3,(H2-,40,42,44,47,48,49,50,51)/p+1. The maximum absolute atomic E-state index is 14.7. The number of halogens is 1. The molecule has 0 spiro atoms. The Morgan fingerprint density at radius 1 is 1.05 bits per heavy atom. The number of aryl methyl sites for hydroxylation is 2. The molecule has 5 aromatic rings. The average molecular weight is 812 g/mol. The number of thiazole rings is 2. The highest BCUT2D eigenvalue weighted by atomic mass is 32.2. The van der Waals surface area contributed by atoms with Gasteiger partial charge in [0.15, 0.2) is 39.2 Å². The third-order valence-corrected chi connectivity index (χ3v) is 11.3. The molecule has 0 aliphatic rings. The highest BCUT2D eigenvalue weighted by molar-refractivity contribution is 7.85. The summed E-state index contributed by atoms with van der Waals surface area (Å²) < 4.78 is 53.6. The number of anilines is 4. The zero-order chi connectivity index (χ0) is 39.6. The number of hydrogen-bond donors (Lipinski definition) is 4. The number of fused-ring (bicyclic) bond motifs is 1. The Bertz CT molecular complexity index is 2250. The molecule has 4 N–H and O–H groups in total. The topological polar surface area (TPSA) is 180 Å². The van der Waals surface area contributed by atoms with Crippen LogP contribution in [0.3, 0.4) is 0 Å². The second-order valence-electron chi connectivity index (χ2n) is 13.4. The molecule has 0 aliphatic heterocycles. The molecule has 292 valence electrons. The quantitative estimate of drug-likeness (QED) is 0.0336. The number of benzene rings is 2. The minimum absolute atomic E-state index is 0.0826. The number of hydrogen-bond acceptors (Lipinski definition) is 13. The summed E-state index contributed by atoms with van der Waals surface area (Å²) in [4.78, 5) is 24.0. The Morgan fingerprint density at radius 3 is 2.55 bits per heavy atom. The van der Waals surface area contributed by atoms with E-state index in [1.54, 1.807) is 13.1 Å². The van der Waals surface area contributed by atoms with E-state index in [0.29, 0.717) is 88.7 Å². The predicted octanol–water partition coefficient (Wildman–Crippen LogP) is 5.90. The molecule has 0 fully saturated rings. The van der Waals surface area contributed by atoms with Gasteiger partial charge in [0.1, 0.15) is 0 Å². The molecule has 2 aromatic carbocycles. The maximum Gasteiger partial charge on any atom is 0.355 e. The van der Waals surface area contributed by atoms with Gasteiger partial charge in [-0.2, -0.15) is 8.42 Å². The Balaban J connectivity index is 1.33. The number of ether oxygens (including phenoxy) is 1. The minimum atomic E-state index is -4.05. The largest absolute Gasteiger partial charge is 0.491 e. The van der Waals surface area contributed by atoms with Crippen LogP contribution in [0.1, 0.15) is 45.8 Å². The van der Waals surface area contributed by atoms with E-state index in [-0.39, 0.29) is 23.8 Å². The second-order valence-corrected chi connectivity index (χ2v) is 17.0. The number of aromatic nitrogens is 4. The molecular weight excluding hydrogens is 768 g/mol. The lowest BCUT2D eigenvalue weighted by molar-refractivity contribution is -0.890. The first-order valence-electron chi connectivity index (χ1n) is 17.5. The molecule has 0 saturated heterocycles. The van der Waals surface area contributed by atoms with Crippen molar-refractivity contribution in [1.29, 1.82) is 0 Å². The average Bonchev–Trinajstić information content (AvgIpc) is 3.74. The molecule has 3 heterocycles. The van der Waals surface area contributed by atoms with Crippen LogP contribution >= 0.6 is 22.7 Å². The van der Waals surface area contributed by atoms with Gasteiger partial charge in [0.05, 0.1) is 56.3 Å². The number of nitrogens with zero attached hydrogens (tertiary/aromatic N) is 6. The molecule has 18 heteroatoms. The van der Waals surface area contributed by atoms with Gasteiger partial charge in [0.25, 0.3) is 10.1 Å². The number of carboxylic acids is 1. The Morgan fingerprint density at radius 2 is 1.84 bits per heavy atom. The van der Waals surface area contributed by atoms with Crippen LogP contribution < -0.4 is 20.3 Å². The molecule has 0 atom stereocenters. The monoisotopic (exact) mass is 811 g/mol. The van der Waals surface area contributed by atoms with Crippen molar-refractivity contribution in [3.63, 3.8) is 0 Å². The van der Waals surface area contributed by atoms with Gasteiger partial charge < -0.3 is 29.9 Å². The van der Waals surface area contributed by atoms with E-state index in [0.717, 1.165) is 15.8 Å². The molecule has 5 rings (SSSR count). The summed E-state index contributed by atoms with van der Waals surface area (Å²) in [7, 11) is 1.68. The molecule has 55 heavy (non-hydrogen) atoms. The van der Waals surface area contributed by atoms with E-state index in [1.807, 2.05) is 56.3 Å². The Labute approximate surface area is 327 Å². The van der Waals surface area contributed by atoms with Gasteiger partial charge in [-0.05, 0) is 68.8 Å². The minimum Gasteiger partial charge on any atom is -0.491 e. The fraction of sp³-hybridized carbons (Fsp3) is 0.378. The van der Waals surface area contributed by atoms with E-state index in [4.69, 9.17) is 4.74 Å². The fourth-order valence-corrected chi connectivity index (χ4v) is 8.13. The number of carbonyl (C=O) groups is 1. The number of nitrogens with one attached hydrogen (secondary N) is 2. The normalized spacial score (nSPS) is 11.7. The van der Waals surface area contributed by atoms with Crippen LogP contribution in [0.2, 0.25) is 0 Å². The summed E-state index contributed by atoms with van der Waals surface area (Å²) in [5, 5.41) is 26.4. The molecule has 0 bridgehead atoms. The first kappa shape index (κ1) is 41.4.